The fourth-order valence-corrected chi connectivity index (χ4v) is 3.98. The number of thiophene rings is 1. The number of aryl methyl sites for hydroxylation is 1. The molecule has 0 saturated carbocycles. The van der Waals surface area contributed by atoms with Crippen LogP contribution < -0.4 is 14.2 Å². The highest BCUT2D eigenvalue weighted by Crippen LogP contribution is 2.48. The number of hydrogen-bond acceptors (Lipinski definition) is 4. The summed E-state index contributed by atoms with van der Waals surface area (Å²) in [6, 6.07) is 16.3. The SMILES string of the molecule is CCOc1sc(C)c(-c2ccc(OC)cc2)c1-c1ccc(OC)cc1. The Balaban J connectivity index is 2.15. The Morgan fingerprint density at radius 3 is 1.68 bits per heavy atom. The maximum absolute atomic E-state index is 5.94. The third kappa shape index (κ3) is 3.49. The third-order valence-corrected chi connectivity index (χ3v) is 5.10. The second-order valence-corrected chi connectivity index (χ2v) is 6.77. The van der Waals surface area contributed by atoms with Gasteiger partial charge >= 0.3 is 0 Å². The van der Waals surface area contributed by atoms with Gasteiger partial charge in [-0.1, -0.05) is 24.3 Å². The summed E-state index contributed by atoms with van der Waals surface area (Å²) < 4.78 is 16.5. The fraction of sp³-hybridized carbons (Fsp3) is 0.238. The van der Waals surface area contributed by atoms with Crippen molar-refractivity contribution in [2.75, 3.05) is 20.8 Å². The second-order valence-electron chi connectivity index (χ2n) is 5.59. The summed E-state index contributed by atoms with van der Waals surface area (Å²) in [4.78, 5) is 1.24. The van der Waals surface area contributed by atoms with Crippen molar-refractivity contribution in [3.63, 3.8) is 0 Å². The predicted molar refractivity (Wildman–Crippen MR) is 104 cm³/mol. The van der Waals surface area contributed by atoms with Gasteiger partial charge in [-0.15, -0.1) is 11.3 Å². The molecule has 3 rings (SSSR count). The van der Waals surface area contributed by atoms with Crippen LogP contribution in [0.2, 0.25) is 0 Å². The molecule has 0 atom stereocenters. The van der Waals surface area contributed by atoms with Crippen LogP contribution in [0, 0.1) is 6.92 Å². The first-order valence-corrected chi connectivity index (χ1v) is 9.04. The number of methoxy groups -OCH3 is 2. The Morgan fingerprint density at radius 1 is 0.760 bits per heavy atom. The Morgan fingerprint density at radius 2 is 1.24 bits per heavy atom. The topological polar surface area (TPSA) is 27.7 Å². The Bertz CT molecular complexity index is 833. The molecule has 0 radical (unpaired) electrons. The van der Waals surface area contributed by atoms with Gasteiger partial charge in [-0.25, -0.2) is 0 Å². The summed E-state index contributed by atoms with van der Waals surface area (Å²) >= 11 is 1.69. The quantitative estimate of drug-likeness (QED) is 0.559. The van der Waals surface area contributed by atoms with E-state index in [0.29, 0.717) is 6.61 Å². The minimum atomic E-state index is 0.644. The van der Waals surface area contributed by atoms with Crippen molar-refractivity contribution in [1.29, 1.82) is 0 Å². The van der Waals surface area contributed by atoms with Gasteiger partial charge in [0.15, 0.2) is 5.06 Å². The summed E-state index contributed by atoms with van der Waals surface area (Å²) in [7, 11) is 3.36. The van der Waals surface area contributed by atoms with Crippen LogP contribution in [0.4, 0.5) is 0 Å². The van der Waals surface area contributed by atoms with E-state index in [0.717, 1.165) is 33.3 Å². The minimum absolute atomic E-state index is 0.644. The van der Waals surface area contributed by atoms with E-state index in [4.69, 9.17) is 14.2 Å². The minimum Gasteiger partial charge on any atom is -0.497 e. The highest BCUT2D eigenvalue weighted by atomic mass is 32.1. The molecule has 0 aliphatic carbocycles. The largest absolute Gasteiger partial charge is 0.497 e. The first kappa shape index (κ1) is 17.4. The van der Waals surface area contributed by atoms with E-state index < -0.39 is 0 Å². The molecule has 0 saturated heterocycles. The van der Waals surface area contributed by atoms with Gasteiger partial charge in [-0.05, 0) is 49.2 Å². The summed E-state index contributed by atoms with van der Waals surface area (Å²) in [5.74, 6) is 1.70. The summed E-state index contributed by atoms with van der Waals surface area (Å²) in [5, 5.41) is 0.955. The van der Waals surface area contributed by atoms with Crippen LogP contribution >= 0.6 is 11.3 Å². The van der Waals surface area contributed by atoms with Crippen LogP contribution in [-0.4, -0.2) is 20.8 Å². The van der Waals surface area contributed by atoms with Crippen molar-refractivity contribution < 1.29 is 14.2 Å². The fourth-order valence-electron chi connectivity index (χ4n) is 2.88. The van der Waals surface area contributed by atoms with E-state index in [2.05, 4.69) is 31.2 Å². The molecule has 0 aliphatic heterocycles. The van der Waals surface area contributed by atoms with Crippen molar-refractivity contribution in [2.45, 2.75) is 13.8 Å². The standard InChI is InChI=1S/C21H22O3S/c1-5-24-21-20(16-8-12-18(23-4)13-9-16)19(14(2)25-21)15-6-10-17(22-3)11-7-15/h6-13H,5H2,1-4H3. The maximum atomic E-state index is 5.94. The molecule has 2 aromatic carbocycles. The number of hydrogen-bond donors (Lipinski definition) is 0. The van der Waals surface area contributed by atoms with Crippen molar-refractivity contribution in [3.05, 3.63) is 53.4 Å². The lowest BCUT2D eigenvalue weighted by Gasteiger charge is -2.11. The van der Waals surface area contributed by atoms with Crippen molar-refractivity contribution in [3.8, 4) is 38.8 Å². The van der Waals surface area contributed by atoms with Crippen molar-refractivity contribution in [2.24, 2.45) is 0 Å². The molecule has 0 unspecified atom stereocenters. The normalized spacial score (nSPS) is 10.6. The maximum Gasteiger partial charge on any atom is 0.182 e. The van der Waals surface area contributed by atoms with Gasteiger partial charge < -0.3 is 14.2 Å². The van der Waals surface area contributed by atoms with Crippen LogP contribution in [0.1, 0.15) is 11.8 Å². The van der Waals surface area contributed by atoms with E-state index >= 15 is 0 Å². The summed E-state index contributed by atoms with van der Waals surface area (Å²) in [6.45, 7) is 4.80. The molecule has 25 heavy (non-hydrogen) atoms. The third-order valence-electron chi connectivity index (χ3n) is 4.08. The molecule has 1 aromatic heterocycles. The first-order valence-electron chi connectivity index (χ1n) is 8.23. The zero-order valence-corrected chi connectivity index (χ0v) is 15.8. The molecule has 0 aliphatic rings. The van der Waals surface area contributed by atoms with E-state index in [-0.39, 0.29) is 0 Å². The van der Waals surface area contributed by atoms with E-state index in [9.17, 15) is 0 Å². The Kier molecular flexibility index (Phi) is 5.29. The molecule has 0 fully saturated rings. The van der Waals surface area contributed by atoms with Gasteiger partial charge in [0.25, 0.3) is 0 Å². The lowest BCUT2D eigenvalue weighted by Crippen LogP contribution is -1.92. The van der Waals surface area contributed by atoms with Crippen LogP contribution in [-0.2, 0) is 0 Å². The van der Waals surface area contributed by atoms with Gasteiger partial charge in [0.05, 0.1) is 20.8 Å². The molecule has 3 aromatic rings. The molecule has 0 amide bonds. The van der Waals surface area contributed by atoms with Crippen LogP contribution in [0.15, 0.2) is 48.5 Å². The molecule has 0 N–H and O–H groups in total. The van der Waals surface area contributed by atoms with Gasteiger partial charge in [-0.3, -0.25) is 0 Å². The number of benzene rings is 2. The lowest BCUT2D eigenvalue weighted by atomic mass is 9.96. The van der Waals surface area contributed by atoms with E-state index in [1.54, 1.807) is 25.6 Å². The average Bonchev–Trinajstić information content (AvgIpc) is 2.98. The Hall–Kier alpha value is -2.46. The highest BCUT2D eigenvalue weighted by Gasteiger charge is 2.20. The van der Waals surface area contributed by atoms with Gasteiger partial charge in [0, 0.05) is 16.0 Å². The predicted octanol–water partition coefficient (Wildman–Crippen LogP) is 5.81. The molecular weight excluding hydrogens is 332 g/mol. The molecular formula is C21H22O3S. The van der Waals surface area contributed by atoms with Crippen molar-refractivity contribution >= 4 is 11.3 Å². The summed E-state index contributed by atoms with van der Waals surface area (Å²) in [6.07, 6.45) is 0. The molecule has 1 heterocycles. The van der Waals surface area contributed by atoms with E-state index in [1.807, 2.05) is 31.2 Å². The number of ether oxygens (including phenoxy) is 3. The number of rotatable bonds is 6. The molecule has 0 spiro atoms. The van der Waals surface area contributed by atoms with Crippen LogP contribution in [0.3, 0.4) is 0 Å². The van der Waals surface area contributed by atoms with Crippen molar-refractivity contribution in [1.82, 2.24) is 0 Å². The first-order chi connectivity index (χ1) is 12.2. The zero-order chi connectivity index (χ0) is 17.8. The van der Waals surface area contributed by atoms with Crippen LogP contribution in [0.5, 0.6) is 16.6 Å². The molecule has 3 nitrogen and oxygen atoms in total. The van der Waals surface area contributed by atoms with Crippen LogP contribution in [0.25, 0.3) is 22.3 Å². The smallest absolute Gasteiger partial charge is 0.182 e. The molecule has 130 valence electrons. The lowest BCUT2D eigenvalue weighted by molar-refractivity contribution is 0.351. The van der Waals surface area contributed by atoms with Gasteiger partial charge in [0.1, 0.15) is 11.5 Å². The highest BCUT2D eigenvalue weighted by molar-refractivity contribution is 7.15. The molecule has 4 heteroatoms. The van der Waals surface area contributed by atoms with Gasteiger partial charge in [0.2, 0.25) is 0 Å². The Labute approximate surface area is 152 Å². The average molecular weight is 354 g/mol. The monoisotopic (exact) mass is 354 g/mol. The van der Waals surface area contributed by atoms with Gasteiger partial charge in [-0.2, -0.15) is 0 Å². The molecule has 0 bridgehead atoms. The van der Waals surface area contributed by atoms with E-state index in [1.165, 1.54) is 10.4 Å². The summed E-state index contributed by atoms with van der Waals surface area (Å²) in [5.41, 5.74) is 4.63. The zero-order valence-electron chi connectivity index (χ0n) is 15.0. The second kappa shape index (κ2) is 7.62.